The summed E-state index contributed by atoms with van der Waals surface area (Å²) in [6.45, 7) is 6.53. The maximum Gasteiger partial charge on any atom is 0.302 e. The third kappa shape index (κ3) is 4.23. The fraction of sp³-hybridized carbons (Fsp3) is 0.457. The number of rotatable bonds is 4. The molecule has 4 aliphatic rings. The molecule has 0 saturated heterocycles. The molecule has 2 aromatic rings. The highest BCUT2D eigenvalue weighted by atomic mass is 16.5. The first-order valence-corrected chi connectivity index (χ1v) is 14.3. The Hall–Kier alpha value is -2.87. The summed E-state index contributed by atoms with van der Waals surface area (Å²) in [6, 6.07) is 21.6. The minimum atomic E-state index is -0.116. The molecule has 0 N–H and O–H groups in total. The number of esters is 1. The van der Waals surface area contributed by atoms with Gasteiger partial charge in [-0.05, 0) is 102 Å². The van der Waals surface area contributed by atoms with E-state index in [2.05, 4.69) is 92.7 Å². The average Bonchev–Trinajstić information content (AvgIpc) is 3.23. The zero-order valence-electron chi connectivity index (χ0n) is 22.6. The molecular weight excluding hydrogens is 452 g/mol. The van der Waals surface area contributed by atoms with E-state index in [-0.39, 0.29) is 22.9 Å². The van der Waals surface area contributed by atoms with Gasteiger partial charge in [0.15, 0.2) is 0 Å². The standard InChI is InChI=1S/C35H40O2/c1-24(36)37-33-17-16-31-29-15-14-28-23-27(18-20-34(28,2)32(29)19-21-35(31,33)3)30(26-12-8-5-9-13-26)22-25-10-6-4-7-11-25/h4-14,22-23,29,31-33H,15-21H2,1-3H3/b30-22+/t29-,31-,32-,33?,34-,35-/m0/s1. The Morgan fingerprint density at radius 2 is 1.65 bits per heavy atom. The first-order chi connectivity index (χ1) is 17.9. The maximum atomic E-state index is 11.8. The molecule has 4 aliphatic carbocycles. The molecule has 0 aliphatic heterocycles. The van der Waals surface area contributed by atoms with Crippen molar-refractivity contribution in [1.82, 2.24) is 0 Å². The van der Waals surface area contributed by atoms with E-state index in [4.69, 9.17) is 4.74 Å². The molecule has 0 bridgehead atoms. The molecule has 192 valence electrons. The largest absolute Gasteiger partial charge is 0.462 e. The maximum absolute atomic E-state index is 11.8. The molecule has 0 radical (unpaired) electrons. The Morgan fingerprint density at radius 3 is 2.38 bits per heavy atom. The van der Waals surface area contributed by atoms with Crippen LogP contribution in [0.3, 0.4) is 0 Å². The SMILES string of the molecule is CC(=O)OC1CC[C@H]2[C@@H]3CC=C4C=C(/C(=C/c5ccccc5)c5ccccc5)CC[C@]4(C)[C@H]3CC[C@]12C. The zero-order chi connectivity index (χ0) is 25.6. The molecule has 2 heteroatoms. The van der Waals surface area contributed by atoms with E-state index >= 15 is 0 Å². The van der Waals surface area contributed by atoms with Crippen molar-refractivity contribution >= 4 is 17.6 Å². The van der Waals surface area contributed by atoms with Crippen molar-refractivity contribution in [2.45, 2.75) is 71.8 Å². The van der Waals surface area contributed by atoms with Gasteiger partial charge in [-0.1, -0.05) is 86.7 Å². The summed E-state index contributed by atoms with van der Waals surface area (Å²) in [7, 11) is 0. The van der Waals surface area contributed by atoms with Crippen LogP contribution < -0.4 is 0 Å². The van der Waals surface area contributed by atoms with Crippen molar-refractivity contribution < 1.29 is 9.53 Å². The van der Waals surface area contributed by atoms with Gasteiger partial charge < -0.3 is 4.74 Å². The fourth-order valence-electron chi connectivity index (χ4n) is 8.58. The van der Waals surface area contributed by atoms with Gasteiger partial charge in [-0.15, -0.1) is 0 Å². The second kappa shape index (κ2) is 9.46. The van der Waals surface area contributed by atoms with Crippen LogP contribution in [-0.4, -0.2) is 12.1 Å². The lowest BCUT2D eigenvalue weighted by Gasteiger charge is -2.56. The molecular formula is C35H40O2. The van der Waals surface area contributed by atoms with Crippen LogP contribution in [0.25, 0.3) is 11.6 Å². The molecule has 0 aromatic heterocycles. The van der Waals surface area contributed by atoms with Gasteiger partial charge in [-0.25, -0.2) is 0 Å². The Labute approximate surface area is 222 Å². The van der Waals surface area contributed by atoms with Crippen LogP contribution >= 0.6 is 0 Å². The van der Waals surface area contributed by atoms with Crippen LogP contribution in [0.1, 0.15) is 76.8 Å². The van der Waals surface area contributed by atoms with Crippen molar-refractivity contribution in [1.29, 1.82) is 0 Å². The molecule has 0 heterocycles. The van der Waals surface area contributed by atoms with E-state index in [9.17, 15) is 4.79 Å². The van der Waals surface area contributed by atoms with E-state index in [1.165, 1.54) is 48.0 Å². The second-order valence-electron chi connectivity index (χ2n) is 12.4. The number of carbonyl (C=O) groups excluding carboxylic acids is 1. The smallest absolute Gasteiger partial charge is 0.302 e. The first-order valence-electron chi connectivity index (χ1n) is 14.3. The number of hydrogen-bond donors (Lipinski definition) is 0. The summed E-state index contributed by atoms with van der Waals surface area (Å²) in [5.41, 5.74) is 7.31. The molecule has 2 aromatic carbocycles. The van der Waals surface area contributed by atoms with Crippen molar-refractivity contribution in [3.63, 3.8) is 0 Å². The molecule has 0 spiro atoms. The van der Waals surface area contributed by atoms with Gasteiger partial charge in [0.2, 0.25) is 0 Å². The van der Waals surface area contributed by atoms with Gasteiger partial charge >= 0.3 is 5.97 Å². The van der Waals surface area contributed by atoms with Crippen LogP contribution in [-0.2, 0) is 9.53 Å². The molecule has 1 unspecified atom stereocenters. The Morgan fingerprint density at radius 1 is 0.919 bits per heavy atom. The molecule has 37 heavy (non-hydrogen) atoms. The third-order valence-corrected chi connectivity index (χ3v) is 10.5. The van der Waals surface area contributed by atoms with Crippen molar-refractivity contribution in [2.24, 2.45) is 28.6 Å². The van der Waals surface area contributed by atoms with Gasteiger partial charge in [0.25, 0.3) is 0 Å². The number of benzene rings is 2. The molecule has 2 nitrogen and oxygen atoms in total. The van der Waals surface area contributed by atoms with Crippen molar-refractivity contribution in [3.8, 4) is 0 Å². The highest BCUT2D eigenvalue weighted by molar-refractivity contribution is 5.91. The quantitative estimate of drug-likeness (QED) is 0.315. The van der Waals surface area contributed by atoms with Gasteiger partial charge in [-0.3, -0.25) is 4.79 Å². The minimum Gasteiger partial charge on any atom is -0.462 e. The van der Waals surface area contributed by atoms with Crippen LogP contribution in [0.2, 0.25) is 0 Å². The number of allylic oxidation sites excluding steroid dienone is 5. The lowest BCUT2D eigenvalue weighted by atomic mass is 9.48. The minimum absolute atomic E-state index is 0.101. The molecule has 2 fully saturated rings. The van der Waals surface area contributed by atoms with Crippen LogP contribution in [0.4, 0.5) is 0 Å². The zero-order valence-corrected chi connectivity index (χ0v) is 22.6. The summed E-state index contributed by atoms with van der Waals surface area (Å²) in [5.74, 6) is 1.97. The normalized spacial score (nSPS) is 34.9. The Balaban J connectivity index is 1.33. The average molecular weight is 493 g/mol. The van der Waals surface area contributed by atoms with Gasteiger partial charge in [0, 0.05) is 12.3 Å². The number of hydrogen-bond acceptors (Lipinski definition) is 2. The summed E-state index contributed by atoms with van der Waals surface area (Å²) < 4.78 is 5.86. The molecule has 0 amide bonds. The third-order valence-electron chi connectivity index (χ3n) is 10.5. The Bertz CT molecular complexity index is 1250. The summed E-state index contributed by atoms with van der Waals surface area (Å²) >= 11 is 0. The van der Waals surface area contributed by atoms with E-state index in [1.54, 1.807) is 12.5 Å². The number of carbonyl (C=O) groups is 1. The fourth-order valence-corrected chi connectivity index (χ4v) is 8.58. The van der Waals surface area contributed by atoms with Gasteiger partial charge in [-0.2, -0.15) is 0 Å². The molecule has 6 atom stereocenters. The lowest BCUT2D eigenvalue weighted by Crippen LogP contribution is -2.50. The summed E-state index contributed by atoms with van der Waals surface area (Å²) in [6.07, 6.45) is 15.7. The number of ether oxygens (including phenoxy) is 1. The highest BCUT2D eigenvalue weighted by Gasteiger charge is 2.59. The Kier molecular flexibility index (Phi) is 6.25. The summed E-state index contributed by atoms with van der Waals surface area (Å²) in [5, 5.41) is 0. The van der Waals surface area contributed by atoms with E-state index in [1.807, 2.05) is 0 Å². The van der Waals surface area contributed by atoms with Gasteiger partial charge in [0.1, 0.15) is 6.10 Å². The van der Waals surface area contributed by atoms with Gasteiger partial charge in [0.05, 0.1) is 0 Å². The van der Waals surface area contributed by atoms with Crippen LogP contribution in [0.5, 0.6) is 0 Å². The van der Waals surface area contributed by atoms with E-state index in [0.717, 1.165) is 25.2 Å². The second-order valence-corrected chi connectivity index (χ2v) is 12.4. The number of fused-ring (bicyclic) bond motifs is 5. The van der Waals surface area contributed by atoms with E-state index in [0.29, 0.717) is 11.8 Å². The monoisotopic (exact) mass is 492 g/mol. The van der Waals surface area contributed by atoms with E-state index < -0.39 is 0 Å². The summed E-state index contributed by atoms with van der Waals surface area (Å²) in [4.78, 5) is 11.8. The molecule has 6 rings (SSSR count). The van der Waals surface area contributed by atoms with Crippen LogP contribution in [0.15, 0.2) is 84.0 Å². The topological polar surface area (TPSA) is 26.3 Å². The predicted molar refractivity (Wildman–Crippen MR) is 151 cm³/mol. The van der Waals surface area contributed by atoms with Crippen molar-refractivity contribution in [2.75, 3.05) is 0 Å². The predicted octanol–water partition coefficient (Wildman–Crippen LogP) is 8.66. The lowest BCUT2D eigenvalue weighted by molar-refractivity contribution is -0.156. The highest BCUT2D eigenvalue weighted by Crippen LogP contribution is 2.65. The van der Waals surface area contributed by atoms with Crippen molar-refractivity contribution in [3.05, 3.63) is 95.1 Å². The van der Waals surface area contributed by atoms with Crippen LogP contribution in [0, 0.1) is 28.6 Å². The first kappa shape index (κ1) is 24.5. The molecule has 2 saturated carbocycles.